The summed E-state index contributed by atoms with van der Waals surface area (Å²) in [5, 5.41) is 13.9. The fourth-order valence-electron chi connectivity index (χ4n) is 20.3. The van der Waals surface area contributed by atoms with Crippen molar-refractivity contribution in [1.82, 2.24) is 9.80 Å². The Labute approximate surface area is 409 Å². The van der Waals surface area contributed by atoms with Gasteiger partial charge in [-0.1, -0.05) is 111 Å². The van der Waals surface area contributed by atoms with Gasteiger partial charge in [-0.2, -0.15) is 0 Å². The molecule has 0 unspecified atom stereocenters. The van der Waals surface area contributed by atoms with Crippen LogP contribution in [0, 0.1) is 64.1 Å². The smallest absolute Gasteiger partial charge is 0.339 e. The Hall–Kier alpha value is -4.14. The highest BCUT2D eigenvalue weighted by molar-refractivity contribution is 6.00. The molecule has 8 heteroatoms. The van der Waals surface area contributed by atoms with Gasteiger partial charge < -0.3 is 25.2 Å². The van der Waals surface area contributed by atoms with Crippen molar-refractivity contribution in [2.24, 2.45) is 69.8 Å². The monoisotopic (exact) mass is 928 g/mol. The average molecular weight is 928 g/mol. The second-order valence-corrected chi connectivity index (χ2v) is 25.1. The first-order valence-electron chi connectivity index (χ1n) is 28.2. The van der Waals surface area contributed by atoms with E-state index in [1.807, 2.05) is 0 Å². The van der Waals surface area contributed by atoms with Crippen LogP contribution in [0.3, 0.4) is 0 Å². The maximum atomic E-state index is 16.5. The standard InChI is InChI=1S/C61H73N3O5/c1-34-26-39-19-21-48-41-30-42-33-64(48)54(39)53-43-23-24-59-56(55(65)44-20-22-47(42)63(32-41)49(44)29-36-10-3-2-4-11-36)68-58(67)60(59)46(43)31-40(51(34)53)28-37-14-7-13-35(27-37)12-5-6-18-50(60)61(59)45-17-8-15-38(16-9-25-62)52(45)57(66)69-61/h7-8,13-15,17,19,21,27,34,36,40-42,44,47-51,53,65H,2-6,9-12,16,18,20,22-26,28-33,62H2,1H3/b56-55+/t34-,40+,41-,42-,44+,47+,48+,49+,50+,51-,53+,59-,60+,61-/m1/s1. The first-order valence-corrected chi connectivity index (χ1v) is 28.2. The van der Waals surface area contributed by atoms with E-state index in [9.17, 15) is 5.11 Å². The molecular weight excluding hydrogens is 855 g/mol. The molecule has 2 aromatic carbocycles. The molecule has 6 aliphatic carbocycles. The van der Waals surface area contributed by atoms with E-state index < -0.39 is 16.4 Å². The van der Waals surface area contributed by atoms with E-state index in [2.05, 4.69) is 71.3 Å². The molecule has 3 spiro atoms. The van der Waals surface area contributed by atoms with Crippen LogP contribution in [0.15, 0.2) is 88.6 Å². The highest BCUT2D eigenvalue weighted by Gasteiger charge is 2.93. The molecule has 15 rings (SSSR count). The van der Waals surface area contributed by atoms with Crippen molar-refractivity contribution in [3.63, 3.8) is 0 Å². The van der Waals surface area contributed by atoms with Crippen LogP contribution < -0.4 is 5.73 Å². The molecule has 0 radical (unpaired) electrons. The van der Waals surface area contributed by atoms with Crippen LogP contribution in [0.1, 0.15) is 149 Å². The van der Waals surface area contributed by atoms with Crippen molar-refractivity contribution < 1.29 is 24.2 Å². The van der Waals surface area contributed by atoms with E-state index in [-0.39, 0.29) is 35.7 Å². The van der Waals surface area contributed by atoms with Gasteiger partial charge in [-0.25, -0.2) is 4.79 Å². The van der Waals surface area contributed by atoms with E-state index >= 15 is 9.59 Å². The van der Waals surface area contributed by atoms with E-state index in [4.69, 9.17) is 15.2 Å². The molecule has 362 valence electrons. The van der Waals surface area contributed by atoms with Crippen LogP contribution in [-0.2, 0) is 39.1 Å². The third-order valence-electron chi connectivity index (χ3n) is 22.5. The van der Waals surface area contributed by atoms with Crippen molar-refractivity contribution in [2.75, 3.05) is 19.6 Å². The number of piperidine rings is 3. The summed E-state index contributed by atoms with van der Waals surface area (Å²) < 4.78 is 14.6. The van der Waals surface area contributed by atoms with Gasteiger partial charge in [0.2, 0.25) is 0 Å². The number of carbonyl (C=O) groups is 2. The molecule has 4 saturated heterocycles. The Kier molecular flexibility index (Phi) is 9.37. The lowest BCUT2D eigenvalue weighted by molar-refractivity contribution is -0.279. The number of aliphatic hydroxyl groups is 1. The van der Waals surface area contributed by atoms with Crippen molar-refractivity contribution in [3.05, 3.63) is 116 Å². The van der Waals surface area contributed by atoms with Gasteiger partial charge in [0, 0.05) is 54.2 Å². The number of nitrogens with zero attached hydrogens (tertiary/aromatic N) is 2. The van der Waals surface area contributed by atoms with Crippen molar-refractivity contribution in [3.8, 4) is 0 Å². The van der Waals surface area contributed by atoms with Crippen LogP contribution in [-0.4, -0.2) is 64.6 Å². The van der Waals surface area contributed by atoms with Gasteiger partial charge in [-0.3, -0.25) is 9.69 Å². The fourth-order valence-corrected chi connectivity index (χ4v) is 20.3. The number of aliphatic hydroxyl groups excluding tert-OH is 1. The summed E-state index contributed by atoms with van der Waals surface area (Å²) in [5.74, 6) is 3.10. The quantitative estimate of drug-likeness (QED) is 0.226. The molecule has 3 N–H and O–H groups in total. The number of hydrogen-bond donors (Lipinski definition) is 2. The third-order valence-corrected chi connectivity index (χ3v) is 22.5. The zero-order valence-corrected chi connectivity index (χ0v) is 40.9. The lowest BCUT2D eigenvalue weighted by atomic mass is 9.28. The summed E-state index contributed by atoms with van der Waals surface area (Å²) in [6.07, 6.45) is 25.4. The van der Waals surface area contributed by atoms with Crippen LogP contribution >= 0.6 is 0 Å². The summed E-state index contributed by atoms with van der Waals surface area (Å²) in [6.45, 7) is 5.25. The van der Waals surface area contributed by atoms with E-state index in [1.54, 1.807) is 11.3 Å². The number of aryl methyl sites for hydroxylation is 2. The molecule has 14 atom stereocenters. The largest absolute Gasteiger partial charge is 0.508 e. The average Bonchev–Trinajstić information content (AvgIpc) is 3.81. The maximum Gasteiger partial charge on any atom is 0.339 e. The molecular formula is C61H73N3O5. The number of esters is 2. The van der Waals surface area contributed by atoms with Gasteiger partial charge >= 0.3 is 11.9 Å². The van der Waals surface area contributed by atoms with E-state index in [0.717, 1.165) is 101 Å². The number of fused-ring (bicyclic) bond motifs is 12. The number of rotatable bonds is 5. The molecule has 69 heavy (non-hydrogen) atoms. The fraction of sp³-hybridized carbons (Fsp3) is 0.639. The third kappa shape index (κ3) is 5.34. The van der Waals surface area contributed by atoms with Gasteiger partial charge in [-0.15, -0.1) is 0 Å². The van der Waals surface area contributed by atoms with Crippen molar-refractivity contribution in [2.45, 2.75) is 159 Å². The molecule has 0 aromatic heterocycles. The Morgan fingerprint density at radius 3 is 2.62 bits per heavy atom. The van der Waals surface area contributed by atoms with Crippen molar-refractivity contribution >= 4 is 11.9 Å². The molecule has 2 aromatic rings. The zero-order chi connectivity index (χ0) is 46.1. The van der Waals surface area contributed by atoms with Gasteiger partial charge in [0.15, 0.2) is 11.4 Å². The van der Waals surface area contributed by atoms with Gasteiger partial charge in [0.25, 0.3) is 0 Å². The van der Waals surface area contributed by atoms with Gasteiger partial charge in [0.05, 0.1) is 17.0 Å². The molecule has 0 amide bonds. The second kappa shape index (κ2) is 15.2. The summed E-state index contributed by atoms with van der Waals surface area (Å²) in [5.41, 5.74) is 14.3. The lowest BCUT2D eigenvalue weighted by Crippen LogP contribution is -2.77. The second-order valence-electron chi connectivity index (χ2n) is 25.1. The summed E-state index contributed by atoms with van der Waals surface area (Å²) >= 11 is 0. The molecule has 7 heterocycles. The number of ether oxygens (including phenoxy) is 2. The summed E-state index contributed by atoms with van der Waals surface area (Å²) in [7, 11) is 0. The first kappa shape index (κ1) is 42.5. The number of nitrogens with two attached hydrogens (primary N) is 1. The predicted molar refractivity (Wildman–Crippen MR) is 264 cm³/mol. The van der Waals surface area contributed by atoms with Crippen LogP contribution in [0.25, 0.3) is 0 Å². The minimum absolute atomic E-state index is 0.154. The van der Waals surface area contributed by atoms with E-state index in [0.29, 0.717) is 84.1 Å². The number of benzene rings is 2. The highest BCUT2D eigenvalue weighted by atomic mass is 16.6. The zero-order valence-electron chi connectivity index (χ0n) is 40.9. The molecule has 2 saturated carbocycles. The molecule has 11 bridgehead atoms. The summed E-state index contributed by atoms with van der Waals surface area (Å²) in [4.78, 5) is 37.5. The van der Waals surface area contributed by atoms with Crippen LogP contribution in [0.5, 0.6) is 0 Å². The molecule has 7 aliphatic heterocycles. The SMILES string of the molecule is C[C@@H]1CC2=C3[C@H]4C5=C6C[C@H](Cc7cccc(c7)CCCC[C@H]7[C@]68C(=O)O/C(=C(/O)[C@H]6CC[C@H]9[C@@H]%10C[C@H](CN9[C@H]6CC6CCCCC6)[C@H](C=C2)N3C%10)[C@@]8(CC5)[C@]72OC(=O)c3c(CCCN)cccc32)[C@H]41. The topological polar surface area (TPSA) is 105 Å². The molecule has 6 fully saturated rings. The van der Waals surface area contributed by atoms with Gasteiger partial charge in [0.1, 0.15) is 11.2 Å². The normalized spacial score (nSPS) is 43.4. The van der Waals surface area contributed by atoms with E-state index in [1.165, 1.54) is 60.8 Å². The first-order chi connectivity index (χ1) is 33.8. The minimum Gasteiger partial charge on any atom is -0.508 e. The predicted octanol–water partition coefficient (Wildman–Crippen LogP) is 10.8. The molecule has 8 nitrogen and oxygen atoms in total. The van der Waals surface area contributed by atoms with Crippen LogP contribution in [0.4, 0.5) is 0 Å². The van der Waals surface area contributed by atoms with Gasteiger partial charge in [-0.05, 0) is 154 Å². The number of hydrogen-bond acceptors (Lipinski definition) is 8. The molecule has 13 aliphatic rings. The Balaban J connectivity index is 1.03. The minimum atomic E-state index is -1.15. The Bertz CT molecular complexity index is 2690. The Morgan fingerprint density at radius 2 is 1.74 bits per heavy atom. The number of carbonyl (C=O) groups excluding carboxylic acids is 2. The number of allylic oxidation sites excluding steroid dienone is 3. The lowest BCUT2D eigenvalue weighted by Gasteiger charge is -2.72. The highest BCUT2D eigenvalue weighted by Crippen LogP contribution is 2.88. The Morgan fingerprint density at radius 1 is 0.884 bits per heavy atom. The van der Waals surface area contributed by atoms with Crippen molar-refractivity contribution in [1.29, 1.82) is 0 Å². The maximum absolute atomic E-state index is 16.5. The summed E-state index contributed by atoms with van der Waals surface area (Å²) in [6, 6.07) is 16.9. The van der Waals surface area contributed by atoms with Crippen LogP contribution in [0.2, 0.25) is 0 Å².